The van der Waals surface area contributed by atoms with Crippen molar-refractivity contribution in [1.29, 1.82) is 0 Å². The molecule has 1 nitrogen and oxygen atoms in total. The minimum Gasteiger partial charge on any atom is -0.385 e. The van der Waals surface area contributed by atoms with Gasteiger partial charge in [-0.15, -0.1) is 0 Å². The molecule has 0 amide bonds. The van der Waals surface area contributed by atoms with E-state index in [4.69, 9.17) is 0 Å². The van der Waals surface area contributed by atoms with Gasteiger partial charge in [0.05, 0.1) is 0 Å². The van der Waals surface area contributed by atoms with E-state index in [-0.39, 0.29) is 0 Å². The molecule has 0 aromatic heterocycles. The molecule has 0 atom stereocenters. The molecule has 1 fully saturated rings. The number of benzene rings is 1. The lowest BCUT2D eigenvalue weighted by Crippen LogP contribution is -2.10. The molecule has 0 heterocycles. The van der Waals surface area contributed by atoms with Crippen LogP contribution in [0.1, 0.15) is 36.8 Å². The van der Waals surface area contributed by atoms with Crippen molar-refractivity contribution in [2.75, 3.05) is 11.9 Å². The van der Waals surface area contributed by atoms with Crippen LogP contribution in [0.15, 0.2) is 18.2 Å². The van der Waals surface area contributed by atoms with Gasteiger partial charge in [-0.05, 0) is 55.9 Å². The normalized spacial score (nSPS) is 16.9. The highest BCUT2D eigenvalue weighted by Gasteiger charge is 2.14. The van der Waals surface area contributed by atoms with E-state index in [1.807, 2.05) is 0 Å². The Hall–Kier alpha value is -0.980. The van der Waals surface area contributed by atoms with Crippen molar-refractivity contribution in [2.24, 2.45) is 5.92 Å². The summed E-state index contributed by atoms with van der Waals surface area (Å²) in [6.45, 7) is 5.49. The summed E-state index contributed by atoms with van der Waals surface area (Å²) in [5, 5.41) is 3.55. The molecule has 82 valence electrons. The van der Waals surface area contributed by atoms with E-state index in [9.17, 15) is 0 Å². The van der Waals surface area contributed by atoms with Crippen molar-refractivity contribution in [1.82, 2.24) is 0 Å². The summed E-state index contributed by atoms with van der Waals surface area (Å²) in [4.78, 5) is 0. The Balaban J connectivity index is 1.90. The van der Waals surface area contributed by atoms with Gasteiger partial charge in [-0.1, -0.05) is 18.9 Å². The van der Waals surface area contributed by atoms with Crippen molar-refractivity contribution in [2.45, 2.75) is 39.5 Å². The molecule has 15 heavy (non-hydrogen) atoms. The van der Waals surface area contributed by atoms with Gasteiger partial charge >= 0.3 is 0 Å². The standard InChI is InChI=1S/C14H21N/c1-11-7-8-14(9-12(11)2)15-10-13-5-3-4-6-13/h7-9,13,15H,3-6,10H2,1-2H3. The van der Waals surface area contributed by atoms with E-state index in [1.54, 1.807) is 0 Å². The first-order valence-corrected chi connectivity index (χ1v) is 6.07. The van der Waals surface area contributed by atoms with Gasteiger partial charge in [0, 0.05) is 12.2 Å². The Morgan fingerprint density at radius 3 is 2.53 bits per heavy atom. The van der Waals surface area contributed by atoms with Gasteiger partial charge in [0.1, 0.15) is 0 Å². The maximum atomic E-state index is 3.55. The lowest BCUT2D eigenvalue weighted by atomic mass is 10.1. The summed E-state index contributed by atoms with van der Waals surface area (Å²) < 4.78 is 0. The van der Waals surface area contributed by atoms with E-state index in [1.165, 1.54) is 42.5 Å². The number of aryl methyl sites for hydroxylation is 2. The molecule has 1 N–H and O–H groups in total. The molecule has 1 aromatic rings. The molecule has 0 unspecified atom stereocenters. The van der Waals surface area contributed by atoms with E-state index >= 15 is 0 Å². The van der Waals surface area contributed by atoms with E-state index in [0.29, 0.717) is 0 Å². The van der Waals surface area contributed by atoms with Crippen molar-refractivity contribution < 1.29 is 0 Å². The molecule has 0 spiro atoms. The predicted octanol–water partition coefficient (Wildman–Crippen LogP) is 3.91. The van der Waals surface area contributed by atoms with Gasteiger partial charge < -0.3 is 5.32 Å². The fourth-order valence-corrected chi connectivity index (χ4v) is 2.33. The van der Waals surface area contributed by atoms with Crippen LogP contribution in [0.4, 0.5) is 5.69 Å². The molecule has 1 aliphatic rings. The van der Waals surface area contributed by atoms with Gasteiger partial charge in [0.25, 0.3) is 0 Å². The molecular weight excluding hydrogens is 182 g/mol. The molecule has 0 bridgehead atoms. The van der Waals surface area contributed by atoms with Gasteiger partial charge in [-0.2, -0.15) is 0 Å². The van der Waals surface area contributed by atoms with Crippen molar-refractivity contribution in [3.8, 4) is 0 Å². The van der Waals surface area contributed by atoms with E-state index < -0.39 is 0 Å². The van der Waals surface area contributed by atoms with Crippen molar-refractivity contribution in [3.63, 3.8) is 0 Å². The molecule has 0 radical (unpaired) electrons. The summed E-state index contributed by atoms with van der Waals surface area (Å²) in [6.07, 6.45) is 5.69. The minimum absolute atomic E-state index is 0.909. The van der Waals surface area contributed by atoms with Crippen LogP contribution in [0, 0.1) is 19.8 Å². The van der Waals surface area contributed by atoms with Gasteiger partial charge in [0.2, 0.25) is 0 Å². The lowest BCUT2D eigenvalue weighted by molar-refractivity contribution is 0.580. The maximum absolute atomic E-state index is 3.55. The molecule has 0 aliphatic heterocycles. The Kier molecular flexibility index (Phi) is 3.30. The van der Waals surface area contributed by atoms with Crippen LogP contribution in [-0.2, 0) is 0 Å². The fraction of sp³-hybridized carbons (Fsp3) is 0.571. The Morgan fingerprint density at radius 1 is 1.13 bits per heavy atom. The first kappa shape index (κ1) is 10.5. The van der Waals surface area contributed by atoms with Crippen LogP contribution < -0.4 is 5.32 Å². The highest BCUT2D eigenvalue weighted by Crippen LogP contribution is 2.25. The Morgan fingerprint density at radius 2 is 1.87 bits per heavy atom. The first-order valence-electron chi connectivity index (χ1n) is 6.07. The van der Waals surface area contributed by atoms with Crippen LogP contribution in [-0.4, -0.2) is 6.54 Å². The van der Waals surface area contributed by atoms with Gasteiger partial charge in [-0.25, -0.2) is 0 Å². The number of nitrogens with one attached hydrogen (secondary N) is 1. The van der Waals surface area contributed by atoms with Crippen LogP contribution >= 0.6 is 0 Å². The predicted molar refractivity (Wildman–Crippen MR) is 66.4 cm³/mol. The highest BCUT2D eigenvalue weighted by molar-refractivity contribution is 5.48. The lowest BCUT2D eigenvalue weighted by Gasteiger charge is -2.12. The summed E-state index contributed by atoms with van der Waals surface area (Å²) in [5.74, 6) is 0.909. The maximum Gasteiger partial charge on any atom is 0.0343 e. The summed E-state index contributed by atoms with van der Waals surface area (Å²) in [5.41, 5.74) is 4.04. The highest BCUT2D eigenvalue weighted by atomic mass is 14.9. The third kappa shape index (κ3) is 2.74. The van der Waals surface area contributed by atoms with Gasteiger partial charge in [0.15, 0.2) is 0 Å². The number of hydrogen-bond donors (Lipinski definition) is 1. The quantitative estimate of drug-likeness (QED) is 0.785. The number of rotatable bonds is 3. The molecule has 2 rings (SSSR count). The van der Waals surface area contributed by atoms with E-state index in [0.717, 1.165) is 12.5 Å². The van der Waals surface area contributed by atoms with Gasteiger partial charge in [-0.3, -0.25) is 0 Å². The smallest absolute Gasteiger partial charge is 0.0343 e. The monoisotopic (exact) mass is 203 g/mol. The molecule has 1 heteroatoms. The summed E-state index contributed by atoms with van der Waals surface area (Å²) >= 11 is 0. The zero-order valence-corrected chi connectivity index (χ0v) is 9.84. The number of anilines is 1. The van der Waals surface area contributed by atoms with Crippen LogP contribution in [0.5, 0.6) is 0 Å². The minimum atomic E-state index is 0.909. The van der Waals surface area contributed by atoms with Crippen LogP contribution in [0.25, 0.3) is 0 Å². The average molecular weight is 203 g/mol. The molecular formula is C14H21N. The summed E-state index contributed by atoms with van der Waals surface area (Å²) in [7, 11) is 0. The van der Waals surface area contributed by atoms with Crippen LogP contribution in [0.2, 0.25) is 0 Å². The molecule has 1 aliphatic carbocycles. The summed E-state index contributed by atoms with van der Waals surface area (Å²) in [6, 6.07) is 6.65. The first-order chi connectivity index (χ1) is 7.25. The second kappa shape index (κ2) is 4.69. The zero-order chi connectivity index (χ0) is 10.7. The average Bonchev–Trinajstić information content (AvgIpc) is 2.73. The van der Waals surface area contributed by atoms with Crippen molar-refractivity contribution >= 4 is 5.69 Å². The second-order valence-corrected chi connectivity index (χ2v) is 4.83. The molecule has 1 aromatic carbocycles. The molecule has 1 saturated carbocycles. The Labute approximate surface area is 92.9 Å². The molecule has 0 saturated heterocycles. The largest absolute Gasteiger partial charge is 0.385 e. The van der Waals surface area contributed by atoms with Crippen molar-refractivity contribution in [3.05, 3.63) is 29.3 Å². The SMILES string of the molecule is Cc1ccc(NCC2CCCC2)cc1C. The third-order valence-corrected chi connectivity index (χ3v) is 3.58. The fourth-order valence-electron chi connectivity index (χ4n) is 2.33. The second-order valence-electron chi connectivity index (χ2n) is 4.83. The third-order valence-electron chi connectivity index (χ3n) is 3.58. The number of hydrogen-bond acceptors (Lipinski definition) is 1. The van der Waals surface area contributed by atoms with E-state index in [2.05, 4.69) is 37.4 Å². The zero-order valence-electron chi connectivity index (χ0n) is 9.84. The van der Waals surface area contributed by atoms with Crippen LogP contribution in [0.3, 0.4) is 0 Å². The topological polar surface area (TPSA) is 12.0 Å². The Bertz CT molecular complexity index is 324.